The van der Waals surface area contributed by atoms with Crippen molar-refractivity contribution in [3.63, 3.8) is 0 Å². The van der Waals surface area contributed by atoms with Crippen LogP contribution in [-0.4, -0.2) is 60.7 Å². The molecule has 1 saturated heterocycles. The van der Waals surface area contributed by atoms with Crippen molar-refractivity contribution in [3.05, 3.63) is 16.5 Å². The first kappa shape index (κ1) is 24.0. The third-order valence-corrected chi connectivity index (χ3v) is 7.86. The van der Waals surface area contributed by atoms with Gasteiger partial charge in [0.25, 0.3) is 5.91 Å². The van der Waals surface area contributed by atoms with Crippen LogP contribution in [0.4, 0.5) is 5.00 Å². The Balaban J connectivity index is 1.48. The number of carbonyl (C=O) groups excluding carboxylic acids is 1. The van der Waals surface area contributed by atoms with Gasteiger partial charge in [-0.25, -0.2) is 4.99 Å². The van der Waals surface area contributed by atoms with Crippen LogP contribution in [0.5, 0.6) is 0 Å². The molecule has 9 nitrogen and oxygen atoms in total. The fraction of sp³-hybridized carbons (Fsp3) is 0.696. The van der Waals surface area contributed by atoms with Crippen LogP contribution in [0.25, 0.3) is 0 Å². The van der Waals surface area contributed by atoms with Crippen LogP contribution < -0.4 is 27.0 Å². The van der Waals surface area contributed by atoms with E-state index in [1.54, 1.807) is 0 Å². The number of hydrogen-bond acceptors (Lipinski definition) is 9. The van der Waals surface area contributed by atoms with E-state index in [0.717, 1.165) is 25.2 Å². The molecule has 4 rings (SSSR count). The highest BCUT2D eigenvalue weighted by molar-refractivity contribution is 7.15. The van der Waals surface area contributed by atoms with E-state index in [2.05, 4.69) is 38.1 Å². The van der Waals surface area contributed by atoms with Crippen LogP contribution in [0.3, 0.4) is 0 Å². The van der Waals surface area contributed by atoms with E-state index >= 15 is 0 Å². The lowest BCUT2D eigenvalue weighted by molar-refractivity contribution is 0.100. The minimum Gasteiger partial charge on any atom is -0.365 e. The normalized spacial score (nSPS) is 24.5. The number of guanidine groups is 2. The maximum Gasteiger partial charge on any atom is 0.251 e. The lowest BCUT2D eigenvalue weighted by Crippen LogP contribution is -2.54. The van der Waals surface area contributed by atoms with Gasteiger partial charge in [-0.05, 0) is 56.6 Å². The van der Waals surface area contributed by atoms with E-state index in [9.17, 15) is 4.79 Å². The molecule has 1 amide bonds. The highest BCUT2D eigenvalue weighted by Gasteiger charge is 2.26. The number of primary amides is 1. The summed E-state index contributed by atoms with van der Waals surface area (Å²) in [6, 6.07) is 0.943. The van der Waals surface area contributed by atoms with Crippen LogP contribution in [-0.2, 0) is 0 Å². The standard InChI is InChI=1S/C23H38N8OS/c1-3-31-12-8-11-17(31)13-25-21-28-22(26-16-9-6-4-5-7-10-16)30-23(29-21)27-20-18(19(24)32)15(2)14-33-20/h14,16-17,22,26H,3-13H2,1-2H3,(H2,24,32)(H3,25,27,28,29,30). The minimum atomic E-state index is -0.436. The number of hydrogen-bond donors (Lipinski definition) is 5. The molecule has 33 heavy (non-hydrogen) atoms. The number of nitrogens with two attached hydrogens (primary N) is 1. The molecule has 1 aromatic heterocycles. The van der Waals surface area contributed by atoms with E-state index in [-0.39, 0.29) is 6.29 Å². The molecule has 0 spiro atoms. The van der Waals surface area contributed by atoms with Crippen molar-refractivity contribution in [1.29, 1.82) is 0 Å². The number of nitrogens with one attached hydrogen (secondary N) is 4. The third kappa shape index (κ3) is 6.24. The SMILES string of the molecule is CCN1CCCC1CNC1=NC(NC2CCCCCC2)NC(Nc2scc(C)c2C(N)=O)=N1. The molecule has 1 aromatic rings. The number of likely N-dealkylation sites (N-methyl/N-ethyl adjacent to an activating group) is 1. The van der Waals surface area contributed by atoms with Gasteiger partial charge < -0.3 is 21.7 Å². The maximum atomic E-state index is 12.0. The first-order chi connectivity index (χ1) is 16.0. The summed E-state index contributed by atoms with van der Waals surface area (Å²) in [4.78, 5) is 24.0. The van der Waals surface area contributed by atoms with Crippen molar-refractivity contribution in [1.82, 2.24) is 20.9 Å². The Morgan fingerprint density at radius 1 is 1.24 bits per heavy atom. The zero-order valence-corrected chi connectivity index (χ0v) is 20.6. The Morgan fingerprint density at radius 2 is 2.03 bits per heavy atom. The van der Waals surface area contributed by atoms with Crippen LogP contribution in [0, 0.1) is 6.92 Å². The molecule has 6 N–H and O–H groups in total. The third-order valence-electron chi connectivity index (χ3n) is 6.85. The van der Waals surface area contributed by atoms with Gasteiger partial charge in [0, 0.05) is 18.6 Å². The largest absolute Gasteiger partial charge is 0.365 e. The Kier molecular flexibility index (Phi) is 8.21. The summed E-state index contributed by atoms with van der Waals surface area (Å²) in [6.07, 6.45) is 9.62. The molecule has 2 atom stereocenters. The number of anilines is 1. The monoisotopic (exact) mass is 474 g/mol. The number of aliphatic imine (C=N–C) groups is 2. The molecule has 3 heterocycles. The van der Waals surface area contributed by atoms with E-state index in [1.807, 2.05) is 12.3 Å². The molecular formula is C23H38N8OS. The van der Waals surface area contributed by atoms with Gasteiger partial charge in [-0.15, -0.1) is 11.3 Å². The fourth-order valence-electron chi connectivity index (χ4n) is 5.05. The van der Waals surface area contributed by atoms with Gasteiger partial charge in [-0.3, -0.25) is 15.0 Å². The molecule has 2 aliphatic heterocycles. The van der Waals surface area contributed by atoms with Crippen LogP contribution >= 0.6 is 11.3 Å². The smallest absolute Gasteiger partial charge is 0.251 e. The second-order valence-corrected chi connectivity index (χ2v) is 10.1. The molecule has 2 fully saturated rings. The second kappa shape index (κ2) is 11.3. The van der Waals surface area contributed by atoms with E-state index in [0.29, 0.717) is 34.6 Å². The van der Waals surface area contributed by atoms with Gasteiger partial charge in [0.15, 0.2) is 6.29 Å². The Morgan fingerprint density at radius 3 is 2.76 bits per heavy atom. The van der Waals surface area contributed by atoms with E-state index in [1.165, 1.54) is 62.7 Å². The van der Waals surface area contributed by atoms with Gasteiger partial charge in [0.1, 0.15) is 5.00 Å². The topological polar surface area (TPSA) is 119 Å². The predicted octanol–water partition coefficient (Wildman–Crippen LogP) is 2.55. The number of thiophene rings is 1. The summed E-state index contributed by atoms with van der Waals surface area (Å²) in [5.41, 5.74) is 7.00. The van der Waals surface area contributed by atoms with Crippen LogP contribution in [0.2, 0.25) is 0 Å². The highest BCUT2D eigenvalue weighted by atomic mass is 32.1. The lowest BCUT2D eigenvalue weighted by atomic mass is 10.1. The van der Waals surface area contributed by atoms with Crippen molar-refractivity contribution in [3.8, 4) is 0 Å². The highest BCUT2D eigenvalue weighted by Crippen LogP contribution is 2.27. The molecular weight excluding hydrogens is 436 g/mol. The lowest BCUT2D eigenvalue weighted by Gasteiger charge is -2.29. The summed E-state index contributed by atoms with van der Waals surface area (Å²) in [7, 11) is 0. The summed E-state index contributed by atoms with van der Waals surface area (Å²) in [6.45, 7) is 7.16. The van der Waals surface area contributed by atoms with E-state index < -0.39 is 5.91 Å². The number of amides is 1. The quantitative estimate of drug-likeness (QED) is 0.388. The van der Waals surface area contributed by atoms with Crippen molar-refractivity contribution >= 4 is 34.2 Å². The van der Waals surface area contributed by atoms with Gasteiger partial charge >= 0.3 is 0 Å². The number of aryl methyl sites for hydroxylation is 1. The molecule has 1 saturated carbocycles. The molecule has 1 aliphatic carbocycles. The van der Waals surface area contributed by atoms with Gasteiger partial charge in [0.2, 0.25) is 11.9 Å². The van der Waals surface area contributed by atoms with Crippen LogP contribution in [0.15, 0.2) is 15.4 Å². The first-order valence-electron chi connectivity index (χ1n) is 12.4. The average Bonchev–Trinajstić information content (AvgIpc) is 3.31. The number of likely N-dealkylation sites (tertiary alicyclic amines) is 1. The average molecular weight is 475 g/mol. The fourth-order valence-corrected chi connectivity index (χ4v) is 6.00. The van der Waals surface area contributed by atoms with Crippen molar-refractivity contribution in [2.24, 2.45) is 15.7 Å². The molecule has 10 heteroatoms. The Labute approximate surface area is 200 Å². The van der Waals surface area contributed by atoms with Gasteiger partial charge in [0.05, 0.1) is 5.56 Å². The zero-order chi connectivity index (χ0) is 23.2. The Bertz CT molecular complexity index is 874. The molecule has 0 bridgehead atoms. The van der Waals surface area contributed by atoms with Crippen molar-refractivity contribution in [2.45, 2.75) is 83.6 Å². The maximum absolute atomic E-state index is 12.0. The number of carbonyl (C=O) groups is 1. The number of nitrogens with zero attached hydrogens (tertiary/aromatic N) is 3. The molecule has 2 unspecified atom stereocenters. The van der Waals surface area contributed by atoms with Gasteiger partial charge in [-0.1, -0.05) is 32.6 Å². The summed E-state index contributed by atoms with van der Waals surface area (Å²) < 4.78 is 0. The summed E-state index contributed by atoms with van der Waals surface area (Å²) >= 11 is 1.46. The van der Waals surface area contributed by atoms with Crippen molar-refractivity contribution in [2.75, 3.05) is 25.0 Å². The zero-order valence-electron chi connectivity index (χ0n) is 19.8. The van der Waals surface area contributed by atoms with Crippen LogP contribution in [0.1, 0.15) is 74.2 Å². The van der Waals surface area contributed by atoms with E-state index in [4.69, 9.17) is 10.7 Å². The van der Waals surface area contributed by atoms with Gasteiger partial charge in [-0.2, -0.15) is 4.99 Å². The molecule has 3 aliphatic rings. The second-order valence-electron chi connectivity index (χ2n) is 9.23. The molecule has 182 valence electrons. The molecule has 0 aromatic carbocycles. The first-order valence-corrected chi connectivity index (χ1v) is 13.2. The minimum absolute atomic E-state index is 0.278. The van der Waals surface area contributed by atoms with Crippen molar-refractivity contribution < 1.29 is 4.79 Å². The summed E-state index contributed by atoms with van der Waals surface area (Å²) in [5.74, 6) is 0.745. The Hall–Kier alpha value is -2.17. The predicted molar refractivity (Wildman–Crippen MR) is 136 cm³/mol. The molecule has 0 radical (unpaired) electrons. The summed E-state index contributed by atoms with van der Waals surface area (Å²) in [5, 5.41) is 16.4. The number of rotatable bonds is 7.